The normalized spacial score (nSPS) is 25.5. The first kappa shape index (κ1) is 9.61. The van der Waals surface area contributed by atoms with E-state index < -0.39 is 6.10 Å². The van der Waals surface area contributed by atoms with Gasteiger partial charge in [-0.25, -0.2) is 0 Å². The van der Waals surface area contributed by atoms with E-state index in [1.165, 1.54) is 0 Å². The van der Waals surface area contributed by atoms with Crippen molar-refractivity contribution in [3.05, 3.63) is 12.2 Å². The largest absolute Gasteiger partial charge is 0.385 e. The maximum absolute atomic E-state index is 10.1. The molecule has 1 saturated heterocycles. The van der Waals surface area contributed by atoms with Gasteiger partial charge in [0.05, 0.1) is 0 Å². The van der Waals surface area contributed by atoms with E-state index in [0.29, 0.717) is 11.7 Å². The summed E-state index contributed by atoms with van der Waals surface area (Å²) in [7, 11) is 3.93. The van der Waals surface area contributed by atoms with Crippen molar-refractivity contribution < 1.29 is 5.11 Å². The number of rotatable bonds is 2. The second-order valence-electron chi connectivity index (χ2n) is 4.06. The zero-order valence-electron chi connectivity index (χ0n) is 8.59. The van der Waals surface area contributed by atoms with Crippen LogP contribution in [0.2, 0.25) is 0 Å². The van der Waals surface area contributed by atoms with Crippen molar-refractivity contribution >= 4 is 0 Å². The fourth-order valence-electron chi connectivity index (χ4n) is 2.00. The van der Waals surface area contributed by atoms with Crippen LogP contribution in [0.3, 0.4) is 0 Å². The van der Waals surface area contributed by atoms with Gasteiger partial charge in [0.15, 0.2) is 5.82 Å². The lowest BCUT2D eigenvalue weighted by molar-refractivity contribution is 0.101. The van der Waals surface area contributed by atoms with E-state index >= 15 is 0 Å². The number of aryl methyl sites for hydroxylation is 1. The summed E-state index contributed by atoms with van der Waals surface area (Å²) < 4.78 is 1.78. The average molecular weight is 196 g/mol. The van der Waals surface area contributed by atoms with Gasteiger partial charge in [-0.15, -0.1) is 10.2 Å². The highest BCUT2D eigenvalue weighted by Crippen LogP contribution is 2.27. The molecule has 0 spiro atoms. The SMILES string of the molecule is CN1CCC(C(O)c2nncn2C)C1. The number of aromatic nitrogens is 3. The van der Waals surface area contributed by atoms with Gasteiger partial charge >= 0.3 is 0 Å². The monoisotopic (exact) mass is 196 g/mol. The Labute approximate surface area is 83.4 Å². The van der Waals surface area contributed by atoms with Crippen molar-refractivity contribution in [2.45, 2.75) is 12.5 Å². The minimum atomic E-state index is -0.479. The Morgan fingerprint density at radius 1 is 1.57 bits per heavy atom. The fourth-order valence-corrected chi connectivity index (χ4v) is 2.00. The number of likely N-dealkylation sites (tertiary alicyclic amines) is 1. The van der Waals surface area contributed by atoms with Crippen LogP contribution in [0.5, 0.6) is 0 Å². The van der Waals surface area contributed by atoms with E-state index in [1.54, 1.807) is 10.9 Å². The summed E-state index contributed by atoms with van der Waals surface area (Å²) in [6.07, 6.45) is 2.18. The number of aliphatic hydroxyl groups excluding tert-OH is 1. The molecule has 1 aromatic rings. The quantitative estimate of drug-likeness (QED) is 0.711. The minimum Gasteiger partial charge on any atom is -0.385 e. The Balaban J connectivity index is 2.09. The van der Waals surface area contributed by atoms with Crippen LogP contribution in [0.25, 0.3) is 0 Å². The number of hydrogen-bond acceptors (Lipinski definition) is 4. The van der Waals surface area contributed by atoms with Crippen LogP contribution < -0.4 is 0 Å². The van der Waals surface area contributed by atoms with Gasteiger partial charge < -0.3 is 14.6 Å². The molecule has 0 saturated carbocycles. The van der Waals surface area contributed by atoms with Crippen molar-refractivity contribution in [1.29, 1.82) is 0 Å². The molecule has 1 aromatic heterocycles. The Kier molecular flexibility index (Phi) is 2.52. The first-order chi connectivity index (χ1) is 6.68. The maximum Gasteiger partial charge on any atom is 0.161 e. The zero-order chi connectivity index (χ0) is 10.1. The van der Waals surface area contributed by atoms with E-state index in [2.05, 4.69) is 22.1 Å². The van der Waals surface area contributed by atoms with Gasteiger partial charge in [-0.2, -0.15) is 0 Å². The van der Waals surface area contributed by atoms with Crippen LogP contribution in [-0.4, -0.2) is 44.9 Å². The summed E-state index contributed by atoms with van der Waals surface area (Å²) in [4.78, 5) is 2.23. The van der Waals surface area contributed by atoms with Gasteiger partial charge in [-0.3, -0.25) is 0 Å². The number of nitrogens with zero attached hydrogens (tertiary/aromatic N) is 4. The van der Waals surface area contributed by atoms with E-state index in [0.717, 1.165) is 19.5 Å². The Bertz CT molecular complexity index is 312. The molecule has 1 fully saturated rings. The molecule has 0 aliphatic carbocycles. The van der Waals surface area contributed by atoms with Gasteiger partial charge in [0.2, 0.25) is 0 Å². The maximum atomic E-state index is 10.1. The topological polar surface area (TPSA) is 54.2 Å². The fraction of sp³-hybridized carbons (Fsp3) is 0.778. The van der Waals surface area contributed by atoms with E-state index in [4.69, 9.17) is 0 Å². The second kappa shape index (κ2) is 3.67. The predicted molar refractivity (Wildman–Crippen MR) is 51.6 cm³/mol. The lowest BCUT2D eigenvalue weighted by Gasteiger charge is -2.16. The van der Waals surface area contributed by atoms with Crippen LogP contribution >= 0.6 is 0 Å². The van der Waals surface area contributed by atoms with Crippen LogP contribution in [0, 0.1) is 5.92 Å². The van der Waals surface area contributed by atoms with E-state index in [-0.39, 0.29) is 0 Å². The molecule has 0 aromatic carbocycles. The molecule has 14 heavy (non-hydrogen) atoms. The summed E-state index contributed by atoms with van der Waals surface area (Å²) >= 11 is 0. The third kappa shape index (κ3) is 1.65. The number of hydrogen-bond donors (Lipinski definition) is 1. The highest BCUT2D eigenvalue weighted by molar-refractivity contribution is 4.95. The standard InChI is InChI=1S/C9H16N4O/c1-12-4-3-7(5-12)8(14)9-11-10-6-13(9)2/h6-8,14H,3-5H2,1-2H3. The molecule has 1 aliphatic heterocycles. The van der Waals surface area contributed by atoms with Crippen molar-refractivity contribution in [3.8, 4) is 0 Å². The summed E-state index contributed by atoms with van der Waals surface area (Å²) in [6.45, 7) is 1.99. The molecule has 1 aliphatic rings. The van der Waals surface area contributed by atoms with Crippen LogP contribution in [0.4, 0.5) is 0 Å². The molecular weight excluding hydrogens is 180 g/mol. The third-order valence-electron chi connectivity index (χ3n) is 2.89. The van der Waals surface area contributed by atoms with Gasteiger partial charge in [0.1, 0.15) is 12.4 Å². The second-order valence-corrected chi connectivity index (χ2v) is 4.06. The molecule has 5 nitrogen and oxygen atoms in total. The molecule has 0 radical (unpaired) electrons. The zero-order valence-corrected chi connectivity index (χ0v) is 8.59. The van der Waals surface area contributed by atoms with Gasteiger partial charge in [-0.1, -0.05) is 0 Å². The van der Waals surface area contributed by atoms with E-state index in [9.17, 15) is 5.11 Å². The van der Waals surface area contributed by atoms with E-state index in [1.807, 2.05) is 7.05 Å². The van der Waals surface area contributed by atoms with Crippen LogP contribution in [0.15, 0.2) is 6.33 Å². The summed E-state index contributed by atoms with van der Waals surface area (Å²) in [6, 6.07) is 0. The molecule has 2 unspecified atom stereocenters. The first-order valence-corrected chi connectivity index (χ1v) is 4.89. The predicted octanol–water partition coefficient (Wildman–Crippen LogP) is -0.200. The summed E-state index contributed by atoms with van der Waals surface area (Å²) in [5, 5.41) is 17.8. The summed E-state index contributed by atoms with van der Waals surface area (Å²) in [5.41, 5.74) is 0. The first-order valence-electron chi connectivity index (χ1n) is 4.89. The molecule has 2 heterocycles. The van der Waals surface area contributed by atoms with Crippen molar-refractivity contribution in [1.82, 2.24) is 19.7 Å². The van der Waals surface area contributed by atoms with Crippen molar-refractivity contribution in [3.63, 3.8) is 0 Å². The summed E-state index contributed by atoms with van der Waals surface area (Å²) in [5.74, 6) is 0.966. The van der Waals surface area contributed by atoms with Crippen LogP contribution in [-0.2, 0) is 7.05 Å². The molecule has 5 heteroatoms. The van der Waals surface area contributed by atoms with Crippen molar-refractivity contribution in [2.75, 3.05) is 20.1 Å². The molecule has 1 N–H and O–H groups in total. The van der Waals surface area contributed by atoms with Gasteiger partial charge in [0.25, 0.3) is 0 Å². The Morgan fingerprint density at radius 2 is 2.36 bits per heavy atom. The lowest BCUT2D eigenvalue weighted by Crippen LogP contribution is -2.20. The molecular formula is C9H16N4O. The van der Waals surface area contributed by atoms with Gasteiger partial charge in [-0.05, 0) is 20.0 Å². The molecule has 0 bridgehead atoms. The van der Waals surface area contributed by atoms with Crippen molar-refractivity contribution in [2.24, 2.45) is 13.0 Å². The Hall–Kier alpha value is -0.940. The highest BCUT2D eigenvalue weighted by atomic mass is 16.3. The molecule has 78 valence electrons. The highest BCUT2D eigenvalue weighted by Gasteiger charge is 2.29. The van der Waals surface area contributed by atoms with Gasteiger partial charge in [0, 0.05) is 19.5 Å². The molecule has 0 amide bonds. The minimum absolute atomic E-state index is 0.294. The third-order valence-corrected chi connectivity index (χ3v) is 2.89. The molecule has 2 rings (SSSR count). The number of aliphatic hydroxyl groups is 1. The smallest absolute Gasteiger partial charge is 0.161 e. The lowest BCUT2D eigenvalue weighted by atomic mass is 10.0. The molecule has 2 atom stereocenters. The van der Waals surface area contributed by atoms with Crippen LogP contribution in [0.1, 0.15) is 18.3 Å². The Morgan fingerprint density at radius 3 is 2.86 bits per heavy atom. The average Bonchev–Trinajstić information content (AvgIpc) is 2.73.